The standard InChI is InChI=1S/C24H18FN7/c1-15-29-30-24-28-23(20-12-18(25)9-10-22(20)32(15)24)31-11-3-5-19-17(4-2-6-21(19)31)8-7-16-13-26-27-14-16/h2,4,6,9-10,12-14H,3,5,11H2,1H3,(H,26,27). The summed E-state index contributed by atoms with van der Waals surface area (Å²) in [5, 5.41) is 15.9. The van der Waals surface area contributed by atoms with Crippen LogP contribution in [0.15, 0.2) is 48.8 Å². The number of anilines is 2. The van der Waals surface area contributed by atoms with E-state index in [-0.39, 0.29) is 5.82 Å². The molecule has 0 saturated heterocycles. The molecule has 1 aliphatic rings. The highest BCUT2D eigenvalue weighted by Crippen LogP contribution is 2.38. The SMILES string of the molecule is Cc1nnc2nc(N3CCCc4c(C#Cc5cn[nH]c5)cccc43)c3cc(F)ccc3n12. The molecule has 0 bridgehead atoms. The van der Waals surface area contributed by atoms with Gasteiger partial charge in [0.15, 0.2) is 0 Å². The zero-order chi connectivity index (χ0) is 21.7. The van der Waals surface area contributed by atoms with Gasteiger partial charge in [-0.05, 0) is 55.7 Å². The van der Waals surface area contributed by atoms with Gasteiger partial charge in [0.05, 0.1) is 17.3 Å². The molecule has 0 unspecified atom stereocenters. The summed E-state index contributed by atoms with van der Waals surface area (Å²) in [6, 6.07) is 10.9. The highest BCUT2D eigenvalue weighted by molar-refractivity contribution is 5.94. The molecule has 1 aliphatic heterocycles. The first-order valence-corrected chi connectivity index (χ1v) is 10.4. The molecule has 7 nitrogen and oxygen atoms in total. The quantitative estimate of drug-likeness (QED) is 0.414. The third kappa shape index (κ3) is 2.90. The van der Waals surface area contributed by atoms with Crippen molar-refractivity contribution in [2.24, 2.45) is 0 Å². The van der Waals surface area contributed by atoms with Crippen LogP contribution in [0, 0.1) is 24.6 Å². The minimum Gasteiger partial charge on any atom is -0.325 e. The molecule has 1 N–H and O–H groups in total. The van der Waals surface area contributed by atoms with Crippen LogP contribution in [0.2, 0.25) is 0 Å². The Hall–Kier alpha value is -4.25. The van der Waals surface area contributed by atoms with E-state index in [2.05, 4.69) is 43.2 Å². The number of H-pyrrole nitrogens is 1. The van der Waals surface area contributed by atoms with Gasteiger partial charge in [-0.1, -0.05) is 17.9 Å². The maximum atomic E-state index is 14.3. The molecule has 0 fully saturated rings. The fourth-order valence-electron chi connectivity index (χ4n) is 4.37. The molecule has 0 aliphatic carbocycles. The predicted molar refractivity (Wildman–Crippen MR) is 119 cm³/mol. The topological polar surface area (TPSA) is 75.0 Å². The Morgan fingerprint density at radius 1 is 1.12 bits per heavy atom. The van der Waals surface area contributed by atoms with Crippen molar-refractivity contribution in [3.05, 3.63) is 77.1 Å². The lowest BCUT2D eigenvalue weighted by atomic mass is 9.96. The Morgan fingerprint density at radius 2 is 2.06 bits per heavy atom. The predicted octanol–water partition coefficient (Wildman–Crippen LogP) is 3.93. The smallest absolute Gasteiger partial charge is 0.257 e. The van der Waals surface area contributed by atoms with Crippen molar-refractivity contribution >= 4 is 28.2 Å². The molecule has 5 aromatic rings. The first-order valence-electron chi connectivity index (χ1n) is 10.4. The maximum absolute atomic E-state index is 14.3. The number of aromatic nitrogens is 6. The van der Waals surface area contributed by atoms with E-state index in [9.17, 15) is 4.39 Å². The molecule has 8 heteroatoms. The third-order valence-corrected chi connectivity index (χ3v) is 5.80. The number of benzene rings is 2. The first kappa shape index (κ1) is 18.5. The molecule has 32 heavy (non-hydrogen) atoms. The second-order valence-electron chi connectivity index (χ2n) is 7.77. The third-order valence-electron chi connectivity index (χ3n) is 5.80. The molecule has 0 saturated carbocycles. The van der Waals surface area contributed by atoms with Gasteiger partial charge in [0.25, 0.3) is 5.78 Å². The average Bonchev–Trinajstić information content (AvgIpc) is 3.46. The van der Waals surface area contributed by atoms with Gasteiger partial charge in [-0.25, -0.2) is 4.39 Å². The average molecular weight is 423 g/mol. The molecule has 3 aromatic heterocycles. The van der Waals surface area contributed by atoms with Gasteiger partial charge in [-0.3, -0.25) is 9.50 Å². The lowest BCUT2D eigenvalue weighted by molar-refractivity contribution is 0.629. The molecule has 0 radical (unpaired) electrons. The molecule has 0 atom stereocenters. The van der Waals surface area contributed by atoms with Crippen LogP contribution in [0.1, 0.15) is 28.9 Å². The lowest BCUT2D eigenvalue weighted by Crippen LogP contribution is -2.26. The number of nitrogens with one attached hydrogen (secondary N) is 1. The van der Waals surface area contributed by atoms with E-state index in [4.69, 9.17) is 4.98 Å². The van der Waals surface area contributed by atoms with Crippen LogP contribution in [0.5, 0.6) is 0 Å². The fourth-order valence-corrected chi connectivity index (χ4v) is 4.37. The van der Waals surface area contributed by atoms with Crippen molar-refractivity contribution in [2.45, 2.75) is 19.8 Å². The minimum atomic E-state index is -0.303. The number of hydrogen-bond donors (Lipinski definition) is 1. The van der Waals surface area contributed by atoms with Gasteiger partial charge in [0, 0.05) is 29.4 Å². The molecule has 6 rings (SSSR count). The highest BCUT2D eigenvalue weighted by atomic mass is 19.1. The number of nitrogens with zero attached hydrogens (tertiary/aromatic N) is 6. The Bertz CT molecular complexity index is 1540. The minimum absolute atomic E-state index is 0.303. The van der Waals surface area contributed by atoms with Crippen LogP contribution in [-0.4, -0.2) is 36.3 Å². The summed E-state index contributed by atoms with van der Waals surface area (Å²) >= 11 is 0. The van der Waals surface area contributed by atoms with Crippen molar-refractivity contribution in [2.75, 3.05) is 11.4 Å². The number of halogens is 1. The number of hydrogen-bond acceptors (Lipinski definition) is 5. The van der Waals surface area contributed by atoms with Gasteiger partial charge in [-0.15, -0.1) is 10.2 Å². The second-order valence-corrected chi connectivity index (χ2v) is 7.77. The summed E-state index contributed by atoms with van der Waals surface area (Å²) in [7, 11) is 0. The van der Waals surface area contributed by atoms with Crippen molar-refractivity contribution < 1.29 is 4.39 Å². The van der Waals surface area contributed by atoms with E-state index in [1.807, 2.05) is 23.5 Å². The Labute approximate surface area is 182 Å². The highest BCUT2D eigenvalue weighted by Gasteiger charge is 2.24. The monoisotopic (exact) mass is 423 g/mol. The normalized spacial score (nSPS) is 13.2. The van der Waals surface area contributed by atoms with Gasteiger partial charge in [0.1, 0.15) is 17.5 Å². The molecule has 2 aromatic carbocycles. The van der Waals surface area contributed by atoms with E-state index in [1.165, 1.54) is 17.7 Å². The van der Waals surface area contributed by atoms with Crippen LogP contribution >= 0.6 is 0 Å². The molecular weight excluding hydrogens is 405 g/mol. The van der Waals surface area contributed by atoms with Crippen LogP contribution < -0.4 is 4.90 Å². The molecule has 0 spiro atoms. The van der Waals surface area contributed by atoms with Crippen molar-refractivity contribution in [3.63, 3.8) is 0 Å². The van der Waals surface area contributed by atoms with E-state index < -0.39 is 0 Å². The Kier molecular flexibility index (Phi) is 4.15. The van der Waals surface area contributed by atoms with Gasteiger partial charge < -0.3 is 4.90 Å². The van der Waals surface area contributed by atoms with Crippen molar-refractivity contribution in [1.29, 1.82) is 0 Å². The lowest BCUT2D eigenvalue weighted by Gasteiger charge is -2.32. The van der Waals surface area contributed by atoms with Crippen LogP contribution in [0.4, 0.5) is 15.9 Å². The van der Waals surface area contributed by atoms with E-state index >= 15 is 0 Å². The summed E-state index contributed by atoms with van der Waals surface area (Å²) < 4.78 is 16.1. The summed E-state index contributed by atoms with van der Waals surface area (Å²) in [6.07, 6.45) is 5.33. The van der Waals surface area contributed by atoms with Crippen LogP contribution in [0.3, 0.4) is 0 Å². The van der Waals surface area contributed by atoms with Gasteiger partial charge >= 0.3 is 0 Å². The Balaban J connectivity index is 1.55. The summed E-state index contributed by atoms with van der Waals surface area (Å²) in [4.78, 5) is 6.95. The zero-order valence-electron chi connectivity index (χ0n) is 17.3. The summed E-state index contributed by atoms with van der Waals surface area (Å²) in [6.45, 7) is 2.64. The number of aryl methyl sites for hydroxylation is 1. The van der Waals surface area contributed by atoms with Crippen LogP contribution in [-0.2, 0) is 6.42 Å². The number of rotatable bonds is 1. The van der Waals surface area contributed by atoms with Crippen molar-refractivity contribution in [3.8, 4) is 11.8 Å². The summed E-state index contributed by atoms with van der Waals surface area (Å²) in [5.41, 5.74) is 4.85. The summed E-state index contributed by atoms with van der Waals surface area (Å²) in [5.74, 6) is 8.04. The maximum Gasteiger partial charge on any atom is 0.257 e. The van der Waals surface area contributed by atoms with E-state index in [0.717, 1.165) is 47.1 Å². The van der Waals surface area contributed by atoms with Crippen LogP contribution in [0.25, 0.3) is 16.7 Å². The zero-order valence-corrected chi connectivity index (χ0v) is 17.3. The largest absolute Gasteiger partial charge is 0.325 e. The fraction of sp³-hybridized carbons (Fsp3) is 0.167. The molecule has 0 amide bonds. The van der Waals surface area contributed by atoms with E-state index in [1.54, 1.807) is 18.5 Å². The van der Waals surface area contributed by atoms with Gasteiger partial charge in [-0.2, -0.15) is 10.1 Å². The first-order chi connectivity index (χ1) is 15.7. The van der Waals surface area contributed by atoms with E-state index in [0.29, 0.717) is 17.4 Å². The van der Waals surface area contributed by atoms with Gasteiger partial charge in [0.2, 0.25) is 0 Å². The number of aromatic amines is 1. The molecule has 156 valence electrons. The second kappa shape index (κ2) is 7.17. The Morgan fingerprint density at radius 3 is 2.94 bits per heavy atom. The van der Waals surface area contributed by atoms with Crippen molar-refractivity contribution in [1.82, 2.24) is 29.8 Å². The molecule has 4 heterocycles. The number of fused-ring (bicyclic) bond motifs is 4. The molecular formula is C24H18FN7.